The fraction of sp³-hybridized carbons (Fsp3) is 0.250. The summed E-state index contributed by atoms with van der Waals surface area (Å²) in [6.07, 6.45) is 0. The summed E-state index contributed by atoms with van der Waals surface area (Å²) in [6, 6.07) is 9.56. The van der Waals surface area contributed by atoms with E-state index in [4.69, 9.17) is 4.74 Å². The number of carbonyl (C=O) groups is 2. The van der Waals surface area contributed by atoms with Crippen LogP contribution in [-0.2, 0) is 9.53 Å². The lowest BCUT2D eigenvalue weighted by atomic mass is 10.0. The molecule has 1 N–H and O–H groups in total. The molecule has 0 aliphatic heterocycles. The number of hydrogen-bond acceptors (Lipinski definition) is 4. The first-order valence-corrected chi connectivity index (χ1v) is 7.48. The van der Waals surface area contributed by atoms with Crippen molar-refractivity contribution in [1.29, 1.82) is 0 Å². The smallest absolute Gasteiger partial charge is 0.341 e. The molecule has 5 heteroatoms. The molecular formula is C16H17NO3S. The first kappa shape index (κ1) is 15.3. The van der Waals surface area contributed by atoms with Crippen LogP contribution in [0.2, 0.25) is 0 Å². The Morgan fingerprint density at radius 1 is 1.19 bits per heavy atom. The number of thiophene rings is 1. The van der Waals surface area contributed by atoms with Crippen molar-refractivity contribution in [2.75, 3.05) is 12.4 Å². The molecule has 4 nitrogen and oxygen atoms in total. The van der Waals surface area contributed by atoms with Gasteiger partial charge in [-0.15, -0.1) is 11.3 Å². The minimum atomic E-state index is -0.450. The molecule has 0 spiro atoms. The Morgan fingerprint density at radius 3 is 2.43 bits per heavy atom. The van der Waals surface area contributed by atoms with Gasteiger partial charge in [-0.05, 0) is 5.56 Å². The van der Waals surface area contributed by atoms with Crippen LogP contribution in [0.3, 0.4) is 0 Å². The van der Waals surface area contributed by atoms with Gasteiger partial charge in [-0.25, -0.2) is 4.79 Å². The zero-order valence-corrected chi connectivity index (χ0v) is 13.0. The molecule has 0 fully saturated rings. The fourth-order valence-corrected chi connectivity index (χ4v) is 2.80. The summed E-state index contributed by atoms with van der Waals surface area (Å²) in [4.78, 5) is 23.9. The maximum atomic E-state index is 12.1. The maximum Gasteiger partial charge on any atom is 0.341 e. The second-order valence-corrected chi connectivity index (χ2v) is 5.73. The molecule has 0 bridgehead atoms. The Balaban J connectivity index is 2.46. The van der Waals surface area contributed by atoms with Gasteiger partial charge in [0.15, 0.2) is 0 Å². The number of ether oxygens (including phenoxy) is 1. The van der Waals surface area contributed by atoms with E-state index in [0.717, 1.165) is 11.1 Å². The molecule has 1 heterocycles. The van der Waals surface area contributed by atoms with E-state index in [-0.39, 0.29) is 11.8 Å². The van der Waals surface area contributed by atoms with Crippen molar-refractivity contribution in [3.05, 3.63) is 41.3 Å². The van der Waals surface area contributed by atoms with Gasteiger partial charge in [0.25, 0.3) is 0 Å². The zero-order valence-electron chi connectivity index (χ0n) is 12.2. The Kier molecular flexibility index (Phi) is 4.75. The third-order valence-corrected chi connectivity index (χ3v) is 3.92. The molecule has 1 aromatic carbocycles. The summed E-state index contributed by atoms with van der Waals surface area (Å²) in [7, 11) is 1.34. The van der Waals surface area contributed by atoms with Crippen LogP contribution in [-0.4, -0.2) is 19.0 Å². The predicted octanol–water partition coefficient (Wildman–Crippen LogP) is 3.80. The number of rotatable bonds is 4. The topological polar surface area (TPSA) is 55.4 Å². The van der Waals surface area contributed by atoms with Gasteiger partial charge in [0.1, 0.15) is 10.6 Å². The highest BCUT2D eigenvalue weighted by Gasteiger charge is 2.22. The Labute approximate surface area is 127 Å². The van der Waals surface area contributed by atoms with E-state index >= 15 is 0 Å². The number of methoxy groups -OCH3 is 1. The molecule has 0 saturated heterocycles. The molecule has 0 aliphatic rings. The normalized spacial score (nSPS) is 10.5. The van der Waals surface area contributed by atoms with E-state index in [2.05, 4.69) is 5.32 Å². The van der Waals surface area contributed by atoms with E-state index < -0.39 is 5.97 Å². The van der Waals surface area contributed by atoms with Crippen LogP contribution >= 0.6 is 11.3 Å². The molecule has 2 aromatic rings. The van der Waals surface area contributed by atoms with Gasteiger partial charge in [-0.1, -0.05) is 44.2 Å². The summed E-state index contributed by atoms with van der Waals surface area (Å²) in [5.41, 5.74) is 2.09. The molecule has 1 aromatic heterocycles. The van der Waals surface area contributed by atoms with Crippen LogP contribution in [0, 0.1) is 5.92 Å². The maximum absolute atomic E-state index is 12.1. The summed E-state index contributed by atoms with van der Waals surface area (Å²) < 4.78 is 4.86. The standard InChI is InChI=1S/C16H17NO3S/c1-10(2)14(18)17-15-13(16(19)20-3)12(9-21-15)11-7-5-4-6-8-11/h4-10H,1-3H3,(H,17,18). The molecule has 0 atom stereocenters. The summed E-state index contributed by atoms with van der Waals surface area (Å²) >= 11 is 1.33. The van der Waals surface area contributed by atoms with Crippen LogP contribution in [0.15, 0.2) is 35.7 Å². The van der Waals surface area contributed by atoms with Gasteiger partial charge >= 0.3 is 5.97 Å². The van der Waals surface area contributed by atoms with Crippen molar-refractivity contribution in [2.45, 2.75) is 13.8 Å². The highest BCUT2D eigenvalue weighted by Crippen LogP contribution is 2.36. The van der Waals surface area contributed by atoms with Gasteiger partial charge in [0, 0.05) is 16.9 Å². The predicted molar refractivity (Wildman–Crippen MR) is 84.6 cm³/mol. The van der Waals surface area contributed by atoms with Crippen molar-refractivity contribution >= 4 is 28.2 Å². The summed E-state index contributed by atoms with van der Waals surface area (Å²) in [6.45, 7) is 3.61. The van der Waals surface area contributed by atoms with Gasteiger partial charge in [0.05, 0.1) is 7.11 Å². The highest BCUT2D eigenvalue weighted by molar-refractivity contribution is 7.15. The molecule has 0 saturated carbocycles. The van der Waals surface area contributed by atoms with Crippen molar-refractivity contribution in [1.82, 2.24) is 0 Å². The number of carbonyl (C=O) groups excluding carboxylic acids is 2. The first-order valence-electron chi connectivity index (χ1n) is 6.60. The average Bonchev–Trinajstić information content (AvgIpc) is 2.90. The number of esters is 1. The molecular weight excluding hydrogens is 286 g/mol. The third-order valence-electron chi connectivity index (χ3n) is 3.03. The number of nitrogens with one attached hydrogen (secondary N) is 1. The lowest BCUT2D eigenvalue weighted by Gasteiger charge is -2.09. The Bertz CT molecular complexity index is 647. The number of hydrogen-bond donors (Lipinski definition) is 1. The average molecular weight is 303 g/mol. The van der Waals surface area contributed by atoms with Gasteiger partial charge < -0.3 is 10.1 Å². The van der Waals surface area contributed by atoms with E-state index in [9.17, 15) is 9.59 Å². The van der Waals surface area contributed by atoms with Gasteiger partial charge in [0.2, 0.25) is 5.91 Å². The number of benzene rings is 1. The molecule has 0 unspecified atom stereocenters. The largest absolute Gasteiger partial charge is 0.465 e. The quantitative estimate of drug-likeness (QED) is 0.874. The monoisotopic (exact) mass is 303 g/mol. The van der Waals surface area contributed by atoms with Crippen molar-refractivity contribution in [2.24, 2.45) is 5.92 Å². The Morgan fingerprint density at radius 2 is 1.86 bits per heavy atom. The van der Waals surface area contributed by atoms with E-state index in [0.29, 0.717) is 10.6 Å². The van der Waals surface area contributed by atoms with Crippen molar-refractivity contribution in [3.63, 3.8) is 0 Å². The van der Waals surface area contributed by atoms with Crippen LogP contribution in [0.1, 0.15) is 24.2 Å². The van der Waals surface area contributed by atoms with E-state index in [1.54, 1.807) is 13.8 Å². The number of amides is 1. The molecule has 0 aliphatic carbocycles. The summed E-state index contributed by atoms with van der Waals surface area (Å²) in [5.74, 6) is -0.728. The van der Waals surface area contributed by atoms with E-state index in [1.165, 1.54) is 18.4 Å². The van der Waals surface area contributed by atoms with Crippen LogP contribution in [0.4, 0.5) is 5.00 Å². The van der Waals surface area contributed by atoms with Crippen molar-refractivity contribution < 1.29 is 14.3 Å². The Hall–Kier alpha value is -2.14. The number of anilines is 1. The molecule has 0 radical (unpaired) electrons. The lowest BCUT2D eigenvalue weighted by Crippen LogP contribution is -2.18. The lowest BCUT2D eigenvalue weighted by molar-refractivity contribution is -0.118. The third kappa shape index (κ3) is 3.31. The summed E-state index contributed by atoms with van der Waals surface area (Å²) in [5, 5.41) is 5.18. The molecule has 110 valence electrons. The minimum Gasteiger partial charge on any atom is -0.465 e. The van der Waals surface area contributed by atoms with Crippen molar-refractivity contribution in [3.8, 4) is 11.1 Å². The first-order chi connectivity index (χ1) is 10.0. The second kappa shape index (κ2) is 6.54. The van der Waals surface area contributed by atoms with E-state index in [1.807, 2.05) is 35.7 Å². The van der Waals surface area contributed by atoms with Crippen LogP contribution < -0.4 is 5.32 Å². The molecule has 21 heavy (non-hydrogen) atoms. The SMILES string of the molecule is COC(=O)c1c(-c2ccccc2)csc1NC(=O)C(C)C. The minimum absolute atomic E-state index is 0.124. The molecule has 2 rings (SSSR count). The molecule has 1 amide bonds. The zero-order chi connectivity index (χ0) is 15.4. The van der Waals surface area contributed by atoms with Crippen LogP contribution in [0.5, 0.6) is 0 Å². The van der Waals surface area contributed by atoms with Crippen LogP contribution in [0.25, 0.3) is 11.1 Å². The fourth-order valence-electron chi connectivity index (χ4n) is 1.84. The van der Waals surface area contributed by atoms with Gasteiger partial charge in [-0.2, -0.15) is 0 Å². The highest BCUT2D eigenvalue weighted by atomic mass is 32.1. The second-order valence-electron chi connectivity index (χ2n) is 4.86. The van der Waals surface area contributed by atoms with Gasteiger partial charge in [-0.3, -0.25) is 4.79 Å².